The predicted octanol–water partition coefficient (Wildman–Crippen LogP) is 2.41. The molecule has 1 aliphatic carbocycles. The standard InChI is InChI=1S/C21H22N2O3/c1-23-18-9-5-6-10-19(18)26-13-17(21(23)25)22-20(24)16-12-15(16)11-14-7-3-2-4-8-14/h2-10,15-17H,11-13H2,1H3,(H,22,24)/t15-,16-,17-/m0/s1. The third-order valence-corrected chi connectivity index (χ3v) is 5.18. The summed E-state index contributed by atoms with van der Waals surface area (Å²) in [5, 5.41) is 2.90. The number of amides is 2. The zero-order valence-corrected chi connectivity index (χ0v) is 14.7. The smallest absolute Gasteiger partial charge is 0.252 e. The zero-order chi connectivity index (χ0) is 18.1. The number of hydrogen-bond acceptors (Lipinski definition) is 3. The van der Waals surface area contributed by atoms with Crippen LogP contribution in [0.15, 0.2) is 54.6 Å². The largest absolute Gasteiger partial charge is 0.489 e. The Morgan fingerprint density at radius 1 is 1.15 bits per heavy atom. The number of nitrogens with zero attached hydrogens (tertiary/aromatic N) is 1. The topological polar surface area (TPSA) is 58.6 Å². The van der Waals surface area contributed by atoms with Crippen molar-refractivity contribution in [2.75, 3.05) is 18.6 Å². The van der Waals surface area contributed by atoms with Crippen LogP contribution in [0.3, 0.4) is 0 Å². The average Bonchev–Trinajstić information content (AvgIpc) is 3.44. The van der Waals surface area contributed by atoms with Crippen molar-refractivity contribution in [3.63, 3.8) is 0 Å². The van der Waals surface area contributed by atoms with E-state index in [9.17, 15) is 9.59 Å². The van der Waals surface area contributed by atoms with Gasteiger partial charge in [-0.05, 0) is 36.5 Å². The monoisotopic (exact) mass is 350 g/mol. The molecule has 0 unspecified atom stereocenters. The third kappa shape index (κ3) is 3.29. The number of nitrogens with one attached hydrogen (secondary N) is 1. The summed E-state index contributed by atoms with van der Waals surface area (Å²) in [6.45, 7) is 0.155. The van der Waals surface area contributed by atoms with Crippen LogP contribution < -0.4 is 15.0 Å². The highest BCUT2D eigenvalue weighted by Crippen LogP contribution is 2.41. The molecule has 26 heavy (non-hydrogen) atoms. The molecule has 2 amide bonds. The molecule has 0 spiro atoms. The Morgan fingerprint density at radius 2 is 1.88 bits per heavy atom. The fourth-order valence-corrected chi connectivity index (χ4v) is 3.55. The minimum Gasteiger partial charge on any atom is -0.489 e. The first-order valence-electron chi connectivity index (χ1n) is 8.97. The predicted molar refractivity (Wildman–Crippen MR) is 99.0 cm³/mol. The maximum absolute atomic E-state index is 12.7. The molecule has 1 heterocycles. The van der Waals surface area contributed by atoms with Crippen LogP contribution in [0.5, 0.6) is 5.75 Å². The van der Waals surface area contributed by atoms with Crippen LogP contribution in [0.2, 0.25) is 0 Å². The van der Waals surface area contributed by atoms with Gasteiger partial charge in [-0.2, -0.15) is 0 Å². The van der Waals surface area contributed by atoms with E-state index in [1.54, 1.807) is 11.9 Å². The molecule has 2 aliphatic rings. The molecular formula is C21H22N2O3. The number of fused-ring (bicyclic) bond motifs is 1. The minimum absolute atomic E-state index is 0.0149. The molecule has 0 saturated heterocycles. The first kappa shape index (κ1) is 16.6. The van der Waals surface area contributed by atoms with E-state index in [4.69, 9.17) is 4.74 Å². The van der Waals surface area contributed by atoms with Crippen LogP contribution in [0.25, 0.3) is 0 Å². The molecule has 0 radical (unpaired) electrons. The summed E-state index contributed by atoms with van der Waals surface area (Å²) in [7, 11) is 1.71. The molecule has 0 bridgehead atoms. The number of anilines is 1. The molecule has 1 fully saturated rings. The normalized spacial score (nSPS) is 24.3. The molecule has 134 valence electrons. The fraction of sp³-hybridized carbons (Fsp3) is 0.333. The van der Waals surface area contributed by atoms with Crippen molar-refractivity contribution < 1.29 is 14.3 Å². The maximum Gasteiger partial charge on any atom is 0.252 e. The number of rotatable bonds is 4. The Kier molecular flexibility index (Phi) is 4.37. The van der Waals surface area contributed by atoms with Crippen LogP contribution in [0, 0.1) is 11.8 Å². The van der Waals surface area contributed by atoms with Crippen LogP contribution >= 0.6 is 0 Å². The van der Waals surface area contributed by atoms with E-state index in [2.05, 4.69) is 17.4 Å². The van der Waals surface area contributed by atoms with Crippen LogP contribution in [-0.2, 0) is 16.0 Å². The zero-order valence-electron chi connectivity index (χ0n) is 14.7. The molecule has 1 aliphatic heterocycles. The van der Waals surface area contributed by atoms with E-state index in [0.29, 0.717) is 11.7 Å². The van der Waals surface area contributed by atoms with Crippen LogP contribution in [0.4, 0.5) is 5.69 Å². The average molecular weight is 350 g/mol. The highest BCUT2D eigenvalue weighted by atomic mass is 16.5. The molecule has 0 aromatic heterocycles. The lowest BCUT2D eigenvalue weighted by molar-refractivity contribution is -0.128. The summed E-state index contributed by atoms with van der Waals surface area (Å²) in [5.41, 5.74) is 1.97. The van der Waals surface area contributed by atoms with Crippen molar-refractivity contribution in [1.29, 1.82) is 0 Å². The van der Waals surface area contributed by atoms with Gasteiger partial charge in [0.15, 0.2) is 0 Å². The highest BCUT2D eigenvalue weighted by molar-refractivity contribution is 6.01. The van der Waals surface area contributed by atoms with Gasteiger partial charge in [-0.15, -0.1) is 0 Å². The van der Waals surface area contributed by atoms with E-state index in [0.717, 1.165) is 18.5 Å². The number of likely N-dealkylation sites (N-methyl/N-ethyl adjacent to an activating group) is 1. The number of ether oxygens (including phenoxy) is 1. The van der Waals surface area contributed by atoms with Crippen molar-refractivity contribution in [1.82, 2.24) is 5.32 Å². The van der Waals surface area contributed by atoms with Gasteiger partial charge < -0.3 is 15.0 Å². The molecule has 2 aromatic carbocycles. The first-order chi connectivity index (χ1) is 12.6. The number of benzene rings is 2. The van der Waals surface area contributed by atoms with Gasteiger partial charge in [0.2, 0.25) is 5.91 Å². The van der Waals surface area contributed by atoms with E-state index >= 15 is 0 Å². The van der Waals surface area contributed by atoms with Gasteiger partial charge in [-0.3, -0.25) is 9.59 Å². The second-order valence-corrected chi connectivity index (χ2v) is 7.03. The Hall–Kier alpha value is -2.82. The third-order valence-electron chi connectivity index (χ3n) is 5.18. The number of hydrogen-bond donors (Lipinski definition) is 1. The molecule has 5 nitrogen and oxygen atoms in total. The second-order valence-electron chi connectivity index (χ2n) is 7.03. The second kappa shape index (κ2) is 6.83. The van der Waals surface area contributed by atoms with Crippen molar-refractivity contribution in [3.05, 3.63) is 60.2 Å². The molecule has 5 heteroatoms. The van der Waals surface area contributed by atoms with Crippen LogP contribution in [-0.4, -0.2) is 31.5 Å². The van der Waals surface area contributed by atoms with Crippen molar-refractivity contribution >= 4 is 17.5 Å². The quantitative estimate of drug-likeness (QED) is 0.921. The van der Waals surface area contributed by atoms with Gasteiger partial charge in [0.1, 0.15) is 18.4 Å². The van der Waals surface area contributed by atoms with Crippen molar-refractivity contribution in [2.45, 2.75) is 18.9 Å². The lowest BCUT2D eigenvalue weighted by Gasteiger charge is -2.20. The number of para-hydroxylation sites is 2. The Morgan fingerprint density at radius 3 is 2.69 bits per heavy atom. The molecule has 1 N–H and O–H groups in total. The number of carbonyl (C=O) groups excluding carboxylic acids is 2. The molecule has 1 saturated carbocycles. The Bertz CT molecular complexity index is 821. The SMILES string of the molecule is CN1C(=O)[C@@H](NC(=O)[C@H]2C[C@@H]2Cc2ccccc2)COc2ccccc21. The first-order valence-corrected chi connectivity index (χ1v) is 8.97. The van der Waals surface area contributed by atoms with Crippen LogP contribution in [0.1, 0.15) is 12.0 Å². The van der Waals surface area contributed by atoms with Crippen molar-refractivity contribution in [2.24, 2.45) is 11.8 Å². The Labute approximate surface area is 153 Å². The van der Waals surface area contributed by atoms with Gasteiger partial charge in [0.25, 0.3) is 5.91 Å². The lowest BCUT2D eigenvalue weighted by Crippen LogP contribution is -2.50. The minimum atomic E-state index is -0.655. The highest BCUT2D eigenvalue weighted by Gasteiger charge is 2.44. The van der Waals surface area contributed by atoms with Crippen molar-refractivity contribution in [3.8, 4) is 5.75 Å². The van der Waals surface area contributed by atoms with Gasteiger partial charge in [-0.1, -0.05) is 42.5 Å². The molecule has 3 atom stereocenters. The maximum atomic E-state index is 12.7. The van der Waals surface area contributed by atoms with Gasteiger partial charge >= 0.3 is 0 Å². The summed E-state index contributed by atoms with van der Waals surface area (Å²) >= 11 is 0. The van der Waals surface area contributed by atoms with E-state index in [1.165, 1.54) is 5.56 Å². The summed E-state index contributed by atoms with van der Waals surface area (Å²) in [6.07, 6.45) is 1.78. The summed E-state index contributed by atoms with van der Waals surface area (Å²) in [6, 6.07) is 16.9. The summed E-state index contributed by atoms with van der Waals surface area (Å²) in [4.78, 5) is 26.8. The van der Waals surface area contributed by atoms with E-state index < -0.39 is 6.04 Å². The number of carbonyl (C=O) groups is 2. The fourth-order valence-electron chi connectivity index (χ4n) is 3.55. The van der Waals surface area contributed by atoms with E-state index in [1.807, 2.05) is 42.5 Å². The van der Waals surface area contributed by atoms with Gasteiger partial charge in [0.05, 0.1) is 5.69 Å². The molecular weight excluding hydrogens is 328 g/mol. The molecule has 2 aromatic rings. The summed E-state index contributed by atoms with van der Waals surface area (Å²) < 4.78 is 5.75. The molecule has 4 rings (SSSR count). The van der Waals surface area contributed by atoms with E-state index in [-0.39, 0.29) is 24.3 Å². The van der Waals surface area contributed by atoms with Gasteiger partial charge in [0, 0.05) is 13.0 Å². The lowest BCUT2D eigenvalue weighted by atomic mass is 10.1. The van der Waals surface area contributed by atoms with Gasteiger partial charge in [-0.25, -0.2) is 0 Å². The Balaban J connectivity index is 1.37. The summed E-state index contributed by atoms with van der Waals surface area (Å²) in [5.74, 6) is 0.803.